The van der Waals surface area contributed by atoms with Gasteiger partial charge in [-0.25, -0.2) is 13.2 Å². The monoisotopic (exact) mass is 382 g/mol. The molecule has 0 atom stereocenters. The highest BCUT2D eigenvalue weighted by atomic mass is 32.2. The highest BCUT2D eigenvalue weighted by Gasteiger charge is 2.22. The second kappa shape index (κ2) is 8.13. The number of hydrogen-bond acceptors (Lipinski definition) is 6. The van der Waals surface area contributed by atoms with E-state index in [4.69, 9.17) is 9.47 Å². The van der Waals surface area contributed by atoms with Crippen LogP contribution >= 0.6 is 0 Å². The molecular weight excluding hydrogens is 360 g/mol. The summed E-state index contributed by atoms with van der Waals surface area (Å²) in [5.41, 5.74) is 0.377. The van der Waals surface area contributed by atoms with Crippen LogP contribution in [0, 0.1) is 0 Å². The van der Waals surface area contributed by atoms with Gasteiger partial charge in [-0.3, -0.25) is 4.72 Å². The highest BCUT2D eigenvalue weighted by molar-refractivity contribution is 7.92. The van der Waals surface area contributed by atoms with E-state index in [9.17, 15) is 13.2 Å². The molecule has 0 aliphatic rings. The van der Waals surface area contributed by atoms with Crippen LogP contribution < -0.4 is 14.2 Å². The maximum atomic E-state index is 12.7. The van der Waals surface area contributed by atoms with Crippen molar-refractivity contribution in [2.75, 3.05) is 25.0 Å². The standard InChI is InChI=1S/C17H22N2O6S/c1-5-24-12-7-8-16(25-6-2)14(9-12)18-26(21,22)13-10-15(17(20)23-4)19(3)11-13/h7-11,18H,5-6H2,1-4H3. The maximum absolute atomic E-state index is 12.7. The third-order valence-electron chi connectivity index (χ3n) is 3.49. The third-order valence-corrected chi connectivity index (χ3v) is 4.82. The number of rotatable bonds is 8. The Morgan fingerprint density at radius 3 is 2.46 bits per heavy atom. The Balaban J connectivity index is 2.39. The largest absolute Gasteiger partial charge is 0.494 e. The number of nitrogens with one attached hydrogen (secondary N) is 1. The van der Waals surface area contributed by atoms with Crippen LogP contribution in [0.2, 0.25) is 0 Å². The van der Waals surface area contributed by atoms with Gasteiger partial charge in [-0.05, 0) is 32.0 Å². The van der Waals surface area contributed by atoms with Crippen molar-refractivity contribution in [3.63, 3.8) is 0 Å². The molecule has 0 fully saturated rings. The van der Waals surface area contributed by atoms with E-state index in [0.29, 0.717) is 24.7 Å². The summed E-state index contributed by atoms with van der Waals surface area (Å²) in [6.45, 7) is 4.45. The van der Waals surface area contributed by atoms with E-state index < -0.39 is 16.0 Å². The Bertz CT molecular complexity index is 889. The summed E-state index contributed by atoms with van der Waals surface area (Å²) in [7, 11) is -1.15. The second-order valence-electron chi connectivity index (χ2n) is 5.29. The number of carbonyl (C=O) groups excluding carboxylic acids is 1. The number of aryl methyl sites for hydroxylation is 1. The first-order valence-electron chi connectivity index (χ1n) is 7.99. The summed E-state index contributed by atoms with van der Waals surface area (Å²) >= 11 is 0. The van der Waals surface area contributed by atoms with Crippen molar-refractivity contribution in [3.05, 3.63) is 36.2 Å². The number of nitrogens with zero attached hydrogens (tertiary/aromatic N) is 1. The Hall–Kier alpha value is -2.68. The second-order valence-corrected chi connectivity index (χ2v) is 6.98. The lowest BCUT2D eigenvalue weighted by molar-refractivity contribution is 0.0590. The number of carbonyl (C=O) groups is 1. The summed E-state index contributed by atoms with van der Waals surface area (Å²) in [5, 5.41) is 0. The van der Waals surface area contributed by atoms with Crippen molar-refractivity contribution in [2.45, 2.75) is 18.7 Å². The highest BCUT2D eigenvalue weighted by Crippen LogP contribution is 2.31. The van der Waals surface area contributed by atoms with Gasteiger partial charge in [0.15, 0.2) is 0 Å². The van der Waals surface area contributed by atoms with Crippen LogP contribution in [-0.4, -0.2) is 39.3 Å². The minimum atomic E-state index is -3.94. The topological polar surface area (TPSA) is 95.9 Å². The van der Waals surface area contributed by atoms with Crippen LogP contribution in [0.25, 0.3) is 0 Å². The molecule has 0 radical (unpaired) electrons. The predicted molar refractivity (Wildman–Crippen MR) is 96.3 cm³/mol. The Labute approximate surface area is 152 Å². The smallest absolute Gasteiger partial charge is 0.354 e. The number of ether oxygens (including phenoxy) is 3. The molecule has 0 saturated carbocycles. The number of anilines is 1. The molecule has 0 saturated heterocycles. The van der Waals surface area contributed by atoms with Crippen molar-refractivity contribution < 1.29 is 27.4 Å². The van der Waals surface area contributed by atoms with Crippen LogP contribution in [0.3, 0.4) is 0 Å². The van der Waals surface area contributed by atoms with Gasteiger partial charge in [0, 0.05) is 19.3 Å². The van der Waals surface area contributed by atoms with Crippen LogP contribution in [-0.2, 0) is 21.8 Å². The fourth-order valence-corrected chi connectivity index (χ4v) is 3.45. The van der Waals surface area contributed by atoms with Gasteiger partial charge in [0.05, 0.1) is 26.0 Å². The molecule has 0 aliphatic carbocycles. The molecule has 0 spiro atoms. The molecule has 1 aromatic carbocycles. The Kier molecular flexibility index (Phi) is 6.14. The van der Waals surface area contributed by atoms with E-state index >= 15 is 0 Å². The van der Waals surface area contributed by atoms with Gasteiger partial charge >= 0.3 is 5.97 Å². The molecule has 8 nitrogen and oxygen atoms in total. The van der Waals surface area contributed by atoms with E-state index in [0.717, 1.165) is 0 Å². The number of methoxy groups -OCH3 is 1. The van der Waals surface area contributed by atoms with E-state index in [1.807, 2.05) is 6.92 Å². The van der Waals surface area contributed by atoms with Gasteiger partial charge in [-0.2, -0.15) is 0 Å². The number of aromatic nitrogens is 1. The molecule has 0 unspecified atom stereocenters. The fraction of sp³-hybridized carbons (Fsp3) is 0.353. The summed E-state index contributed by atoms with van der Waals surface area (Å²) in [6, 6.07) is 6.14. The van der Waals surface area contributed by atoms with Crippen molar-refractivity contribution in [1.29, 1.82) is 0 Å². The Morgan fingerprint density at radius 2 is 1.85 bits per heavy atom. The quantitative estimate of drug-likeness (QED) is 0.705. The summed E-state index contributed by atoms with van der Waals surface area (Å²) in [6.07, 6.45) is 1.33. The number of esters is 1. The van der Waals surface area contributed by atoms with Gasteiger partial charge in [0.1, 0.15) is 22.1 Å². The van der Waals surface area contributed by atoms with E-state index in [2.05, 4.69) is 9.46 Å². The fourth-order valence-electron chi connectivity index (χ4n) is 2.32. The van der Waals surface area contributed by atoms with Crippen LogP contribution in [0.4, 0.5) is 5.69 Å². The molecule has 0 amide bonds. The first-order chi connectivity index (χ1) is 12.3. The van der Waals surface area contributed by atoms with Gasteiger partial charge in [-0.1, -0.05) is 0 Å². The number of benzene rings is 1. The SMILES string of the molecule is CCOc1ccc(OCC)c(NS(=O)(=O)c2cc(C(=O)OC)n(C)c2)c1. The number of hydrogen-bond donors (Lipinski definition) is 1. The summed E-state index contributed by atoms with van der Waals surface area (Å²) in [4.78, 5) is 11.6. The zero-order valence-corrected chi connectivity index (χ0v) is 15.9. The average Bonchev–Trinajstić information content (AvgIpc) is 2.99. The van der Waals surface area contributed by atoms with Gasteiger partial charge in [-0.15, -0.1) is 0 Å². The maximum Gasteiger partial charge on any atom is 0.354 e. The molecule has 1 N–H and O–H groups in total. The normalized spacial score (nSPS) is 11.1. The minimum Gasteiger partial charge on any atom is -0.494 e. The summed E-state index contributed by atoms with van der Waals surface area (Å²) in [5.74, 6) is 0.267. The van der Waals surface area contributed by atoms with Gasteiger partial charge < -0.3 is 18.8 Å². The third kappa shape index (κ3) is 4.29. The molecule has 1 aromatic heterocycles. The first kappa shape index (κ1) is 19.6. The zero-order chi connectivity index (χ0) is 19.3. The molecule has 2 rings (SSSR count). The van der Waals surface area contributed by atoms with E-state index in [1.165, 1.54) is 23.9 Å². The van der Waals surface area contributed by atoms with E-state index in [1.54, 1.807) is 32.2 Å². The molecule has 9 heteroatoms. The molecule has 0 aliphatic heterocycles. The van der Waals surface area contributed by atoms with Crippen LogP contribution in [0.5, 0.6) is 11.5 Å². The van der Waals surface area contributed by atoms with Crippen molar-refractivity contribution in [2.24, 2.45) is 7.05 Å². The molecule has 26 heavy (non-hydrogen) atoms. The lowest BCUT2D eigenvalue weighted by Crippen LogP contribution is -2.13. The van der Waals surface area contributed by atoms with Gasteiger partial charge in [0.25, 0.3) is 10.0 Å². The number of sulfonamides is 1. The van der Waals surface area contributed by atoms with Crippen LogP contribution in [0.15, 0.2) is 35.4 Å². The zero-order valence-electron chi connectivity index (χ0n) is 15.1. The van der Waals surface area contributed by atoms with E-state index in [-0.39, 0.29) is 16.3 Å². The summed E-state index contributed by atoms with van der Waals surface area (Å²) < 4.78 is 44.9. The molecule has 1 heterocycles. The van der Waals surface area contributed by atoms with Crippen molar-refractivity contribution in [3.8, 4) is 11.5 Å². The van der Waals surface area contributed by atoms with Crippen LogP contribution in [0.1, 0.15) is 24.3 Å². The van der Waals surface area contributed by atoms with Crippen molar-refractivity contribution >= 4 is 21.7 Å². The van der Waals surface area contributed by atoms with Crippen molar-refractivity contribution in [1.82, 2.24) is 4.57 Å². The molecular formula is C17H22N2O6S. The first-order valence-corrected chi connectivity index (χ1v) is 9.47. The Morgan fingerprint density at radius 1 is 1.15 bits per heavy atom. The molecule has 2 aromatic rings. The average molecular weight is 382 g/mol. The minimum absolute atomic E-state index is 0.0651. The lowest BCUT2D eigenvalue weighted by atomic mass is 10.3. The lowest BCUT2D eigenvalue weighted by Gasteiger charge is -2.14. The van der Waals surface area contributed by atoms with Gasteiger partial charge in [0.2, 0.25) is 0 Å². The molecule has 0 bridgehead atoms. The predicted octanol–water partition coefficient (Wildman–Crippen LogP) is 2.41. The molecule has 142 valence electrons.